The monoisotopic (exact) mass is 265 g/mol. The molecule has 1 aromatic heterocycles. The van der Waals surface area contributed by atoms with Crippen LogP contribution in [0.5, 0.6) is 0 Å². The molecule has 1 fully saturated rings. The largest absolute Gasteiger partial charge is 0.377 e. The molecule has 0 saturated carbocycles. The summed E-state index contributed by atoms with van der Waals surface area (Å²) in [7, 11) is 1.61. The summed E-state index contributed by atoms with van der Waals surface area (Å²) in [4.78, 5) is 22.8. The molecule has 1 aliphatic rings. The van der Waals surface area contributed by atoms with Gasteiger partial charge < -0.3 is 20.4 Å². The number of carbonyl (C=O) groups is 1. The average molecular weight is 265 g/mol. The maximum Gasteiger partial charge on any atom is 0.263 e. The van der Waals surface area contributed by atoms with Crippen molar-refractivity contribution < 1.29 is 9.53 Å². The SMILES string of the molecule is Cn1cc(CNC[C@@H]2CCCO2)cc(C(N)=O)c1=O. The molecule has 0 aliphatic carbocycles. The minimum atomic E-state index is -0.693. The van der Waals surface area contributed by atoms with E-state index in [2.05, 4.69) is 5.32 Å². The lowest BCUT2D eigenvalue weighted by Crippen LogP contribution is -2.30. The van der Waals surface area contributed by atoms with Gasteiger partial charge in [-0.2, -0.15) is 0 Å². The molecule has 2 rings (SSSR count). The number of pyridine rings is 1. The number of nitrogens with zero attached hydrogens (tertiary/aromatic N) is 1. The van der Waals surface area contributed by atoms with Crippen LogP contribution >= 0.6 is 0 Å². The molecule has 0 bridgehead atoms. The smallest absolute Gasteiger partial charge is 0.263 e. The van der Waals surface area contributed by atoms with Gasteiger partial charge in [-0.25, -0.2) is 0 Å². The van der Waals surface area contributed by atoms with E-state index in [-0.39, 0.29) is 17.2 Å². The molecular weight excluding hydrogens is 246 g/mol. The van der Waals surface area contributed by atoms with Gasteiger partial charge in [-0.15, -0.1) is 0 Å². The molecule has 0 radical (unpaired) electrons. The lowest BCUT2D eigenvalue weighted by atomic mass is 10.2. The van der Waals surface area contributed by atoms with Gasteiger partial charge in [0.1, 0.15) is 5.56 Å². The van der Waals surface area contributed by atoms with Gasteiger partial charge in [0, 0.05) is 32.9 Å². The van der Waals surface area contributed by atoms with Crippen molar-refractivity contribution in [2.45, 2.75) is 25.5 Å². The average Bonchev–Trinajstić information content (AvgIpc) is 2.86. The summed E-state index contributed by atoms with van der Waals surface area (Å²) in [6.07, 6.45) is 4.16. The Hall–Kier alpha value is -1.66. The van der Waals surface area contributed by atoms with Crippen LogP contribution in [0.25, 0.3) is 0 Å². The van der Waals surface area contributed by atoms with Crippen molar-refractivity contribution in [2.75, 3.05) is 13.2 Å². The van der Waals surface area contributed by atoms with Crippen molar-refractivity contribution in [3.8, 4) is 0 Å². The summed E-state index contributed by atoms with van der Waals surface area (Å²) < 4.78 is 6.88. The molecule has 1 amide bonds. The molecule has 3 N–H and O–H groups in total. The zero-order valence-corrected chi connectivity index (χ0v) is 11.0. The topological polar surface area (TPSA) is 86.3 Å². The second-order valence-corrected chi connectivity index (χ2v) is 4.81. The van der Waals surface area contributed by atoms with Crippen LogP contribution < -0.4 is 16.6 Å². The van der Waals surface area contributed by atoms with Gasteiger partial charge in [-0.05, 0) is 24.5 Å². The highest BCUT2D eigenvalue weighted by molar-refractivity contribution is 5.92. The second-order valence-electron chi connectivity index (χ2n) is 4.81. The normalized spacial score (nSPS) is 18.7. The molecule has 1 aliphatic heterocycles. The van der Waals surface area contributed by atoms with Crippen molar-refractivity contribution in [2.24, 2.45) is 12.8 Å². The van der Waals surface area contributed by atoms with Crippen LogP contribution in [-0.4, -0.2) is 29.7 Å². The summed E-state index contributed by atoms with van der Waals surface area (Å²) >= 11 is 0. The number of nitrogens with two attached hydrogens (primary N) is 1. The fourth-order valence-electron chi connectivity index (χ4n) is 2.24. The van der Waals surface area contributed by atoms with Gasteiger partial charge in [-0.3, -0.25) is 9.59 Å². The van der Waals surface area contributed by atoms with E-state index in [9.17, 15) is 9.59 Å². The van der Waals surface area contributed by atoms with Gasteiger partial charge in [0.15, 0.2) is 0 Å². The van der Waals surface area contributed by atoms with Gasteiger partial charge in [0.05, 0.1) is 6.10 Å². The first kappa shape index (κ1) is 13.8. The van der Waals surface area contributed by atoms with Gasteiger partial charge in [-0.1, -0.05) is 0 Å². The van der Waals surface area contributed by atoms with Crippen LogP contribution in [0.15, 0.2) is 17.1 Å². The Balaban J connectivity index is 2.00. The van der Waals surface area contributed by atoms with Crippen molar-refractivity contribution >= 4 is 5.91 Å². The van der Waals surface area contributed by atoms with E-state index in [1.807, 2.05) is 0 Å². The molecule has 1 saturated heterocycles. The number of primary amides is 1. The first-order valence-corrected chi connectivity index (χ1v) is 6.39. The first-order valence-electron chi connectivity index (χ1n) is 6.39. The molecule has 6 nitrogen and oxygen atoms in total. The number of carbonyl (C=O) groups excluding carboxylic acids is 1. The summed E-state index contributed by atoms with van der Waals surface area (Å²) in [5, 5.41) is 3.26. The highest BCUT2D eigenvalue weighted by Gasteiger charge is 2.15. The van der Waals surface area contributed by atoms with Crippen LogP contribution in [0.3, 0.4) is 0 Å². The quantitative estimate of drug-likeness (QED) is 0.769. The van der Waals surface area contributed by atoms with E-state index in [1.165, 1.54) is 4.57 Å². The maximum absolute atomic E-state index is 11.7. The number of rotatable bonds is 5. The zero-order chi connectivity index (χ0) is 13.8. The molecule has 6 heteroatoms. The minimum absolute atomic E-state index is 0.0268. The molecule has 2 heterocycles. The molecular formula is C13H19N3O3. The number of aryl methyl sites for hydroxylation is 1. The lowest BCUT2D eigenvalue weighted by Gasteiger charge is -2.11. The maximum atomic E-state index is 11.7. The molecule has 0 spiro atoms. The standard InChI is InChI=1S/C13H19N3O3/c1-16-8-9(5-11(12(14)17)13(16)18)6-15-7-10-3-2-4-19-10/h5,8,10,15H,2-4,6-7H2,1H3,(H2,14,17)/t10-/m0/s1. The Morgan fingerprint density at radius 2 is 2.42 bits per heavy atom. The van der Waals surface area contributed by atoms with E-state index in [0.717, 1.165) is 31.6 Å². The fourth-order valence-corrected chi connectivity index (χ4v) is 2.24. The predicted octanol–water partition coefficient (Wildman–Crippen LogP) is -0.247. The predicted molar refractivity (Wildman–Crippen MR) is 70.9 cm³/mol. The third-order valence-corrected chi connectivity index (χ3v) is 3.23. The van der Waals surface area contributed by atoms with E-state index < -0.39 is 5.91 Å². The van der Waals surface area contributed by atoms with Crippen molar-refractivity contribution in [1.82, 2.24) is 9.88 Å². The third kappa shape index (κ3) is 3.42. The fraction of sp³-hybridized carbons (Fsp3) is 0.538. The summed E-state index contributed by atoms with van der Waals surface area (Å²) in [6.45, 7) is 2.18. The summed E-state index contributed by atoms with van der Waals surface area (Å²) in [6, 6.07) is 1.55. The van der Waals surface area contributed by atoms with E-state index >= 15 is 0 Å². The van der Waals surface area contributed by atoms with Crippen molar-refractivity contribution in [3.63, 3.8) is 0 Å². The molecule has 19 heavy (non-hydrogen) atoms. The zero-order valence-electron chi connectivity index (χ0n) is 11.0. The van der Waals surface area contributed by atoms with Crippen LogP contribution in [0.1, 0.15) is 28.8 Å². The van der Waals surface area contributed by atoms with E-state index in [1.54, 1.807) is 19.3 Å². The summed E-state index contributed by atoms with van der Waals surface area (Å²) in [5.74, 6) is -0.693. The van der Waals surface area contributed by atoms with Crippen LogP contribution in [0, 0.1) is 0 Å². The Bertz CT molecular complexity index is 518. The Morgan fingerprint density at radius 1 is 1.63 bits per heavy atom. The Morgan fingerprint density at radius 3 is 3.05 bits per heavy atom. The van der Waals surface area contributed by atoms with Crippen LogP contribution in [-0.2, 0) is 18.3 Å². The van der Waals surface area contributed by atoms with Crippen LogP contribution in [0.4, 0.5) is 0 Å². The summed E-state index contributed by atoms with van der Waals surface area (Å²) in [5.41, 5.74) is 5.70. The Kier molecular flexibility index (Phi) is 4.34. The first-order chi connectivity index (χ1) is 9.08. The van der Waals surface area contributed by atoms with Gasteiger partial charge >= 0.3 is 0 Å². The number of ether oxygens (including phenoxy) is 1. The molecule has 1 aromatic rings. The number of hydrogen-bond acceptors (Lipinski definition) is 4. The van der Waals surface area contributed by atoms with Crippen molar-refractivity contribution in [1.29, 1.82) is 0 Å². The molecule has 0 unspecified atom stereocenters. The van der Waals surface area contributed by atoms with Crippen molar-refractivity contribution in [3.05, 3.63) is 33.7 Å². The highest BCUT2D eigenvalue weighted by atomic mass is 16.5. The molecule has 1 atom stereocenters. The number of nitrogens with one attached hydrogen (secondary N) is 1. The number of amides is 1. The number of aromatic nitrogens is 1. The number of hydrogen-bond donors (Lipinski definition) is 2. The Labute approximate surface area is 111 Å². The van der Waals surface area contributed by atoms with Crippen LogP contribution in [0.2, 0.25) is 0 Å². The minimum Gasteiger partial charge on any atom is -0.377 e. The lowest BCUT2D eigenvalue weighted by molar-refractivity contribution is 0.0998. The highest BCUT2D eigenvalue weighted by Crippen LogP contribution is 2.10. The van der Waals surface area contributed by atoms with Gasteiger partial charge in [0.2, 0.25) is 0 Å². The second kappa shape index (κ2) is 5.99. The third-order valence-electron chi connectivity index (χ3n) is 3.23. The van der Waals surface area contributed by atoms with E-state index in [4.69, 9.17) is 10.5 Å². The van der Waals surface area contributed by atoms with E-state index in [0.29, 0.717) is 6.54 Å². The molecule has 104 valence electrons. The van der Waals surface area contributed by atoms with Gasteiger partial charge in [0.25, 0.3) is 11.5 Å². The molecule has 0 aromatic carbocycles.